The van der Waals surface area contributed by atoms with Crippen LogP contribution in [0.4, 0.5) is 0 Å². The molecule has 88 valence electrons. The van der Waals surface area contributed by atoms with E-state index in [0.717, 1.165) is 4.47 Å². The summed E-state index contributed by atoms with van der Waals surface area (Å²) in [5, 5.41) is 0. The molecular formula is C12H10BrNO3. The Balaban J connectivity index is 2.55. The molecule has 0 N–H and O–H groups in total. The number of benzene rings is 1. The normalized spacial score (nSPS) is 16.8. The first-order valence-corrected chi connectivity index (χ1v) is 5.77. The van der Waals surface area contributed by atoms with Gasteiger partial charge in [0.05, 0.1) is 18.2 Å². The maximum atomic E-state index is 11.7. The zero-order valence-electron chi connectivity index (χ0n) is 9.20. The molecule has 0 amide bonds. The zero-order valence-corrected chi connectivity index (χ0v) is 10.8. The number of carbonyl (C=O) groups is 1. The Morgan fingerprint density at radius 3 is 2.76 bits per heavy atom. The van der Waals surface area contributed by atoms with E-state index in [1.165, 1.54) is 7.11 Å². The van der Waals surface area contributed by atoms with Gasteiger partial charge in [-0.2, -0.15) is 0 Å². The third-order valence-corrected chi connectivity index (χ3v) is 3.28. The summed E-state index contributed by atoms with van der Waals surface area (Å²) in [6.45, 7) is 7.92. The number of rotatable bonds is 2. The van der Waals surface area contributed by atoms with Gasteiger partial charge in [-0.25, -0.2) is 11.4 Å². The van der Waals surface area contributed by atoms with E-state index < -0.39 is 11.5 Å². The summed E-state index contributed by atoms with van der Waals surface area (Å²) in [7, 11) is 1.33. The van der Waals surface area contributed by atoms with E-state index >= 15 is 0 Å². The third kappa shape index (κ3) is 1.94. The summed E-state index contributed by atoms with van der Waals surface area (Å²) in [4.78, 5) is 15.3. The third-order valence-electron chi connectivity index (χ3n) is 2.78. The van der Waals surface area contributed by atoms with Gasteiger partial charge >= 0.3 is 11.5 Å². The molecule has 1 aliphatic heterocycles. The van der Waals surface area contributed by atoms with Crippen molar-refractivity contribution in [3.8, 4) is 0 Å². The Kier molecular flexibility index (Phi) is 3.18. The van der Waals surface area contributed by atoms with Crippen LogP contribution in [0.15, 0.2) is 22.7 Å². The molecule has 2 rings (SSSR count). The van der Waals surface area contributed by atoms with E-state index in [-0.39, 0.29) is 0 Å². The van der Waals surface area contributed by atoms with Crippen LogP contribution in [0.1, 0.15) is 15.9 Å². The van der Waals surface area contributed by atoms with Gasteiger partial charge in [-0.15, -0.1) is 0 Å². The first-order chi connectivity index (χ1) is 8.13. The molecule has 0 atom stereocenters. The SMILES string of the molecule is [C-]#[N+]C1(c2cc(Br)ccc2C(=O)OC)COC1. The van der Waals surface area contributed by atoms with Crippen LogP contribution in [0.25, 0.3) is 4.85 Å². The van der Waals surface area contributed by atoms with Gasteiger partial charge in [-0.3, -0.25) is 4.85 Å². The zero-order chi connectivity index (χ0) is 12.5. The van der Waals surface area contributed by atoms with Crippen molar-refractivity contribution in [1.29, 1.82) is 0 Å². The van der Waals surface area contributed by atoms with Crippen LogP contribution < -0.4 is 0 Å². The fourth-order valence-electron chi connectivity index (χ4n) is 1.77. The van der Waals surface area contributed by atoms with E-state index in [0.29, 0.717) is 24.3 Å². The van der Waals surface area contributed by atoms with Crippen LogP contribution in [0.3, 0.4) is 0 Å². The molecular weight excluding hydrogens is 286 g/mol. The fraction of sp³-hybridized carbons (Fsp3) is 0.333. The lowest BCUT2D eigenvalue weighted by molar-refractivity contribution is -0.0359. The maximum Gasteiger partial charge on any atom is 0.338 e. The largest absolute Gasteiger partial charge is 0.465 e. The Hall–Kier alpha value is -1.38. The number of halogens is 1. The molecule has 0 bridgehead atoms. The van der Waals surface area contributed by atoms with Crippen LogP contribution >= 0.6 is 15.9 Å². The van der Waals surface area contributed by atoms with Gasteiger partial charge in [0.1, 0.15) is 13.2 Å². The second-order valence-corrected chi connectivity index (χ2v) is 4.73. The summed E-state index contributed by atoms with van der Waals surface area (Å²) >= 11 is 3.35. The molecule has 0 radical (unpaired) electrons. The van der Waals surface area contributed by atoms with E-state index in [2.05, 4.69) is 20.8 Å². The monoisotopic (exact) mass is 295 g/mol. The first-order valence-electron chi connectivity index (χ1n) is 4.98. The van der Waals surface area contributed by atoms with Crippen LogP contribution in [0.5, 0.6) is 0 Å². The summed E-state index contributed by atoms with van der Waals surface area (Å²) in [5.74, 6) is -0.428. The Bertz CT molecular complexity index is 503. The van der Waals surface area contributed by atoms with Crippen molar-refractivity contribution in [2.24, 2.45) is 0 Å². The number of hydrogen-bond donors (Lipinski definition) is 0. The van der Waals surface area contributed by atoms with Gasteiger partial charge in [0.2, 0.25) is 0 Å². The molecule has 0 saturated carbocycles. The van der Waals surface area contributed by atoms with Gasteiger partial charge in [-0.05, 0) is 18.2 Å². The van der Waals surface area contributed by atoms with Crippen molar-refractivity contribution in [2.45, 2.75) is 5.54 Å². The Morgan fingerprint density at radius 1 is 1.59 bits per heavy atom. The average molecular weight is 296 g/mol. The van der Waals surface area contributed by atoms with Crippen molar-refractivity contribution in [3.63, 3.8) is 0 Å². The lowest BCUT2D eigenvalue weighted by Crippen LogP contribution is -2.44. The van der Waals surface area contributed by atoms with Crippen molar-refractivity contribution >= 4 is 21.9 Å². The predicted octanol–water partition coefficient (Wildman–Crippen LogP) is 2.38. The van der Waals surface area contributed by atoms with Crippen LogP contribution in [-0.4, -0.2) is 26.3 Å². The standard InChI is InChI=1S/C12H10BrNO3/c1-14-12(6-17-7-12)10-5-8(13)3-4-9(10)11(15)16-2/h3-5H,6-7H2,2H3. The number of ether oxygens (including phenoxy) is 2. The summed E-state index contributed by atoms with van der Waals surface area (Å²) < 4.78 is 10.7. The predicted molar refractivity (Wildman–Crippen MR) is 64.6 cm³/mol. The van der Waals surface area contributed by atoms with Crippen molar-refractivity contribution < 1.29 is 14.3 Å². The quantitative estimate of drug-likeness (QED) is 0.621. The van der Waals surface area contributed by atoms with Gasteiger partial charge < -0.3 is 9.47 Å². The highest BCUT2D eigenvalue weighted by molar-refractivity contribution is 9.10. The molecule has 1 saturated heterocycles. The van der Waals surface area contributed by atoms with E-state index in [1.54, 1.807) is 18.2 Å². The maximum absolute atomic E-state index is 11.7. The molecule has 1 aromatic rings. The molecule has 17 heavy (non-hydrogen) atoms. The highest BCUT2D eigenvalue weighted by Gasteiger charge is 2.50. The average Bonchev–Trinajstić information content (AvgIpc) is 2.28. The van der Waals surface area contributed by atoms with Crippen LogP contribution in [0, 0.1) is 6.57 Å². The van der Waals surface area contributed by atoms with Gasteiger partial charge in [-0.1, -0.05) is 15.9 Å². The topological polar surface area (TPSA) is 39.9 Å². The molecule has 5 heteroatoms. The minimum Gasteiger partial charge on any atom is -0.465 e. The molecule has 1 fully saturated rings. The van der Waals surface area contributed by atoms with Crippen molar-refractivity contribution in [1.82, 2.24) is 0 Å². The van der Waals surface area contributed by atoms with Crippen LogP contribution in [-0.2, 0) is 15.0 Å². The lowest BCUT2D eigenvalue weighted by atomic mass is 9.85. The highest BCUT2D eigenvalue weighted by Crippen LogP contribution is 2.37. The van der Waals surface area contributed by atoms with Gasteiger partial charge in [0, 0.05) is 4.47 Å². The second kappa shape index (κ2) is 4.47. The molecule has 1 aliphatic rings. The number of nitrogens with zero attached hydrogens (tertiary/aromatic N) is 1. The van der Waals surface area contributed by atoms with E-state index in [9.17, 15) is 4.79 Å². The highest BCUT2D eigenvalue weighted by atomic mass is 79.9. The first kappa shape index (κ1) is 12.1. The van der Waals surface area contributed by atoms with Gasteiger partial charge in [0.25, 0.3) is 0 Å². The fourth-order valence-corrected chi connectivity index (χ4v) is 2.13. The minimum atomic E-state index is -0.743. The Labute approximate surface area is 107 Å². The minimum absolute atomic E-state index is 0.316. The van der Waals surface area contributed by atoms with Crippen molar-refractivity contribution in [2.75, 3.05) is 20.3 Å². The van der Waals surface area contributed by atoms with E-state index in [1.807, 2.05) is 0 Å². The molecule has 1 heterocycles. The Morgan fingerprint density at radius 2 is 2.29 bits per heavy atom. The van der Waals surface area contributed by atoms with Crippen molar-refractivity contribution in [3.05, 3.63) is 45.2 Å². The molecule has 0 spiro atoms. The number of hydrogen-bond acceptors (Lipinski definition) is 3. The number of carbonyl (C=O) groups excluding carboxylic acids is 1. The molecule has 0 aromatic heterocycles. The summed E-state index contributed by atoms with van der Waals surface area (Å²) in [6.07, 6.45) is 0. The number of esters is 1. The van der Waals surface area contributed by atoms with Gasteiger partial charge in [0.15, 0.2) is 0 Å². The number of methoxy groups -OCH3 is 1. The second-order valence-electron chi connectivity index (χ2n) is 3.82. The summed E-state index contributed by atoms with van der Waals surface area (Å²) in [6, 6.07) is 5.20. The van der Waals surface area contributed by atoms with Crippen LogP contribution in [0.2, 0.25) is 0 Å². The van der Waals surface area contributed by atoms with E-state index in [4.69, 9.17) is 16.0 Å². The molecule has 0 aliphatic carbocycles. The molecule has 4 nitrogen and oxygen atoms in total. The molecule has 0 unspecified atom stereocenters. The summed E-state index contributed by atoms with van der Waals surface area (Å²) in [5.41, 5.74) is 0.350. The molecule has 1 aromatic carbocycles. The smallest absolute Gasteiger partial charge is 0.338 e. The lowest BCUT2D eigenvalue weighted by Gasteiger charge is -2.31.